The molecule has 0 aliphatic rings. The largest absolute Gasteiger partial charge is 0.492 e. The van der Waals surface area contributed by atoms with Crippen LogP contribution in [-0.2, 0) is 16.4 Å². The highest BCUT2D eigenvalue weighted by Gasteiger charge is 2.14. The van der Waals surface area contributed by atoms with Crippen molar-refractivity contribution < 1.29 is 13.2 Å². The minimum absolute atomic E-state index is 0.406. The van der Waals surface area contributed by atoms with Crippen LogP contribution in [-0.4, -0.2) is 33.4 Å². The molecular formula is C17H24N2O3S. The van der Waals surface area contributed by atoms with Gasteiger partial charge in [-0.3, -0.25) is 0 Å². The second kappa shape index (κ2) is 7.77. The van der Waals surface area contributed by atoms with Crippen molar-refractivity contribution in [2.45, 2.75) is 25.5 Å². The Bertz CT molecular complexity index is 758. The van der Waals surface area contributed by atoms with Crippen molar-refractivity contribution >= 4 is 20.8 Å². The summed E-state index contributed by atoms with van der Waals surface area (Å²) in [7, 11) is -3.20. The second-order valence-electron chi connectivity index (χ2n) is 5.72. The van der Waals surface area contributed by atoms with Gasteiger partial charge in [0.25, 0.3) is 0 Å². The Kier molecular flexibility index (Phi) is 5.98. The van der Waals surface area contributed by atoms with Crippen LogP contribution in [0, 0.1) is 0 Å². The van der Waals surface area contributed by atoms with Crippen LogP contribution in [0.3, 0.4) is 0 Å². The quantitative estimate of drug-likeness (QED) is 0.773. The number of nitrogens with one attached hydrogen (secondary N) is 1. The summed E-state index contributed by atoms with van der Waals surface area (Å²) >= 11 is 0. The van der Waals surface area contributed by atoms with Crippen LogP contribution >= 0.6 is 0 Å². The zero-order valence-electron chi connectivity index (χ0n) is 13.6. The van der Waals surface area contributed by atoms with Gasteiger partial charge in [0.1, 0.15) is 12.4 Å². The van der Waals surface area contributed by atoms with Crippen molar-refractivity contribution in [1.82, 2.24) is 4.72 Å². The average Bonchev–Trinajstić information content (AvgIpc) is 2.52. The van der Waals surface area contributed by atoms with E-state index >= 15 is 0 Å². The predicted octanol–water partition coefficient (Wildman–Crippen LogP) is 2.05. The zero-order chi connectivity index (χ0) is 16.9. The molecule has 3 N–H and O–H groups in total. The van der Waals surface area contributed by atoms with E-state index in [0.29, 0.717) is 26.1 Å². The van der Waals surface area contributed by atoms with Gasteiger partial charge < -0.3 is 10.5 Å². The van der Waals surface area contributed by atoms with Gasteiger partial charge >= 0.3 is 0 Å². The highest BCUT2D eigenvalue weighted by atomic mass is 32.2. The van der Waals surface area contributed by atoms with E-state index in [1.165, 1.54) is 0 Å². The zero-order valence-corrected chi connectivity index (χ0v) is 14.4. The van der Waals surface area contributed by atoms with Crippen molar-refractivity contribution in [3.63, 3.8) is 0 Å². The first-order valence-electron chi connectivity index (χ1n) is 7.76. The molecule has 0 fully saturated rings. The third kappa shape index (κ3) is 4.92. The third-order valence-electron chi connectivity index (χ3n) is 3.60. The maximum absolute atomic E-state index is 11.7. The number of sulfonamides is 1. The minimum atomic E-state index is -3.20. The summed E-state index contributed by atoms with van der Waals surface area (Å²) in [6, 6.07) is 12.0. The molecule has 0 spiro atoms. The molecule has 2 aromatic rings. The van der Waals surface area contributed by atoms with Crippen LogP contribution in [0.1, 0.15) is 19.4 Å². The van der Waals surface area contributed by atoms with Crippen LogP contribution in [0.2, 0.25) is 0 Å². The van der Waals surface area contributed by atoms with Gasteiger partial charge in [-0.05, 0) is 48.7 Å². The van der Waals surface area contributed by atoms with Gasteiger partial charge in [0.15, 0.2) is 0 Å². The van der Waals surface area contributed by atoms with E-state index in [1.807, 2.05) is 30.3 Å². The number of hydrogen-bond acceptors (Lipinski definition) is 4. The van der Waals surface area contributed by atoms with Crippen LogP contribution < -0.4 is 15.2 Å². The van der Waals surface area contributed by atoms with Crippen LogP contribution in [0.5, 0.6) is 5.75 Å². The molecule has 0 saturated heterocycles. The molecule has 0 aliphatic heterocycles. The molecule has 0 atom stereocenters. The van der Waals surface area contributed by atoms with Crippen molar-refractivity contribution in [2.24, 2.45) is 5.73 Å². The predicted molar refractivity (Wildman–Crippen MR) is 94.3 cm³/mol. The van der Waals surface area contributed by atoms with Crippen molar-refractivity contribution in [1.29, 1.82) is 0 Å². The Morgan fingerprint density at radius 2 is 1.83 bits per heavy atom. The molecule has 2 aromatic carbocycles. The van der Waals surface area contributed by atoms with Crippen LogP contribution in [0.25, 0.3) is 10.8 Å². The fourth-order valence-corrected chi connectivity index (χ4v) is 2.92. The van der Waals surface area contributed by atoms with E-state index in [-0.39, 0.29) is 0 Å². The molecule has 0 heterocycles. The number of fused-ring (bicyclic) bond motifs is 1. The lowest BCUT2D eigenvalue weighted by Crippen LogP contribution is -2.32. The lowest BCUT2D eigenvalue weighted by Gasteiger charge is -2.10. The Morgan fingerprint density at radius 1 is 1.13 bits per heavy atom. The van der Waals surface area contributed by atoms with Crippen LogP contribution in [0.15, 0.2) is 36.4 Å². The van der Waals surface area contributed by atoms with Gasteiger partial charge in [-0.25, -0.2) is 13.1 Å². The normalized spacial score (nSPS) is 12.0. The molecule has 0 aromatic heterocycles. The molecule has 0 bridgehead atoms. The van der Waals surface area contributed by atoms with Gasteiger partial charge in [0.05, 0.1) is 5.25 Å². The van der Waals surface area contributed by atoms with E-state index in [0.717, 1.165) is 22.1 Å². The van der Waals surface area contributed by atoms with Gasteiger partial charge in [-0.15, -0.1) is 0 Å². The van der Waals surface area contributed by atoms with E-state index in [9.17, 15) is 8.42 Å². The molecule has 0 unspecified atom stereocenters. The molecule has 126 valence electrons. The molecule has 0 aliphatic carbocycles. The number of hydrogen-bond donors (Lipinski definition) is 2. The molecular weight excluding hydrogens is 312 g/mol. The Hall–Kier alpha value is -1.63. The lowest BCUT2D eigenvalue weighted by molar-refractivity contribution is 0.329. The van der Waals surface area contributed by atoms with Crippen molar-refractivity contribution in [3.05, 3.63) is 42.0 Å². The van der Waals surface area contributed by atoms with Crippen molar-refractivity contribution in [3.8, 4) is 5.75 Å². The topological polar surface area (TPSA) is 81.4 Å². The number of nitrogens with two attached hydrogens (primary N) is 1. The number of rotatable bonds is 8. The molecule has 6 heteroatoms. The molecule has 5 nitrogen and oxygen atoms in total. The molecule has 23 heavy (non-hydrogen) atoms. The maximum Gasteiger partial charge on any atom is 0.213 e. The van der Waals surface area contributed by atoms with Gasteiger partial charge in [0, 0.05) is 13.1 Å². The number of benzene rings is 2. The lowest BCUT2D eigenvalue weighted by atomic mass is 10.0. The summed E-state index contributed by atoms with van der Waals surface area (Å²) in [6.07, 6.45) is 0.660. The van der Waals surface area contributed by atoms with Crippen LogP contribution in [0.4, 0.5) is 0 Å². The first kappa shape index (κ1) is 17.7. The average molecular weight is 336 g/mol. The van der Waals surface area contributed by atoms with Crippen molar-refractivity contribution in [2.75, 3.05) is 19.7 Å². The summed E-state index contributed by atoms with van der Waals surface area (Å²) in [5.41, 5.74) is 6.53. The summed E-state index contributed by atoms with van der Waals surface area (Å²) in [5, 5.41) is 1.78. The Balaban J connectivity index is 2.03. The highest BCUT2D eigenvalue weighted by molar-refractivity contribution is 7.90. The highest BCUT2D eigenvalue weighted by Crippen LogP contribution is 2.22. The molecule has 0 saturated carbocycles. The van der Waals surface area contributed by atoms with Gasteiger partial charge in [-0.2, -0.15) is 0 Å². The summed E-state index contributed by atoms with van der Waals surface area (Å²) < 4.78 is 31.6. The monoisotopic (exact) mass is 336 g/mol. The number of ether oxygens (including phenoxy) is 1. The summed E-state index contributed by atoms with van der Waals surface area (Å²) in [4.78, 5) is 0. The Morgan fingerprint density at radius 3 is 2.52 bits per heavy atom. The van der Waals surface area contributed by atoms with E-state index in [1.54, 1.807) is 13.8 Å². The summed E-state index contributed by atoms with van der Waals surface area (Å²) in [5.74, 6) is 0.806. The fourth-order valence-electron chi connectivity index (χ4n) is 2.20. The van der Waals surface area contributed by atoms with E-state index in [4.69, 9.17) is 10.5 Å². The first-order chi connectivity index (χ1) is 10.9. The first-order valence-corrected chi connectivity index (χ1v) is 9.31. The van der Waals surface area contributed by atoms with Gasteiger partial charge in [-0.1, -0.05) is 24.3 Å². The van der Waals surface area contributed by atoms with E-state index < -0.39 is 15.3 Å². The van der Waals surface area contributed by atoms with Gasteiger partial charge in [0.2, 0.25) is 10.0 Å². The fraction of sp³-hybridized carbons (Fsp3) is 0.412. The third-order valence-corrected chi connectivity index (χ3v) is 5.45. The SMILES string of the molecule is CC(C)S(=O)(=O)NCCc1ccc2cc(OCCN)ccc2c1. The molecule has 0 radical (unpaired) electrons. The minimum Gasteiger partial charge on any atom is -0.492 e. The standard InChI is InChI=1S/C17H24N2O3S/c1-13(2)23(20,21)19-9-7-14-3-4-16-12-17(22-10-8-18)6-5-15(16)11-14/h3-6,11-13,19H,7-10,18H2,1-2H3. The maximum atomic E-state index is 11.7. The molecule has 2 rings (SSSR count). The Labute approximate surface area is 137 Å². The smallest absolute Gasteiger partial charge is 0.213 e. The molecule has 0 amide bonds. The second-order valence-corrected chi connectivity index (χ2v) is 8.04. The summed E-state index contributed by atoms with van der Waals surface area (Å²) in [6.45, 7) is 4.73. The van der Waals surface area contributed by atoms with E-state index in [2.05, 4.69) is 10.8 Å².